The molecule has 1 aliphatic carbocycles. The number of carbonyl (C=O) groups is 1. The van der Waals surface area contributed by atoms with Crippen molar-refractivity contribution in [3.63, 3.8) is 0 Å². The molecule has 1 saturated carbocycles. The average molecular weight is 458 g/mol. The molecule has 1 atom stereocenters. The maximum Gasteiger partial charge on any atom is 0.255 e. The lowest BCUT2D eigenvalue weighted by Crippen LogP contribution is -2.38. The fourth-order valence-electron chi connectivity index (χ4n) is 5.05. The highest BCUT2D eigenvalue weighted by atomic mass is 19.1. The maximum atomic E-state index is 15.8. The van der Waals surface area contributed by atoms with Crippen LogP contribution in [-0.4, -0.2) is 39.3 Å². The Kier molecular flexibility index (Phi) is 5.74. The van der Waals surface area contributed by atoms with Gasteiger partial charge in [-0.15, -0.1) is 0 Å². The molecule has 1 aliphatic heterocycles. The van der Waals surface area contributed by atoms with Crippen LogP contribution in [0.15, 0.2) is 36.7 Å². The van der Waals surface area contributed by atoms with Crippen LogP contribution in [0.1, 0.15) is 60.5 Å². The lowest BCUT2D eigenvalue weighted by molar-refractivity contribution is 0.0869. The van der Waals surface area contributed by atoms with Crippen molar-refractivity contribution >= 4 is 17.1 Å². The van der Waals surface area contributed by atoms with Gasteiger partial charge in [0, 0.05) is 24.3 Å². The van der Waals surface area contributed by atoms with Gasteiger partial charge in [0.15, 0.2) is 5.82 Å². The van der Waals surface area contributed by atoms with E-state index in [1.807, 2.05) is 0 Å². The summed E-state index contributed by atoms with van der Waals surface area (Å²) in [5, 5.41) is 16.7. The second-order valence-electron chi connectivity index (χ2n) is 8.86. The molecule has 0 bridgehead atoms. The van der Waals surface area contributed by atoms with Crippen LogP contribution in [0.5, 0.6) is 0 Å². The minimum Gasteiger partial charge on any atom is -0.393 e. The third kappa shape index (κ3) is 4.06. The predicted octanol–water partition coefficient (Wildman–Crippen LogP) is 4.13. The van der Waals surface area contributed by atoms with Gasteiger partial charge in [-0.05, 0) is 62.8 Å². The van der Waals surface area contributed by atoms with Crippen LogP contribution in [0, 0.1) is 17.5 Å². The molecule has 0 unspecified atom stereocenters. The zero-order chi connectivity index (χ0) is 23.1. The van der Waals surface area contributed by atoms with E-state index in [0.29, 0.717) is 45.1 Å². The Morgan fingerprint density at radius 3 is 2.67 bits per heavy atom. The third-order valence-electron chi connectivity index (χ3n) is 6.76. The Morgan fingerprint density at radius 2 is 1.88 bits per heavy atom. The quantitative estimate of drug-likeness (QED) is 0.617. The number of aliphatic hydroxyl groups is 1. The topological polar surface area (TPSA) is 69.9 Å². The minimum absolute atomic E-state index is 0.0474. The molecule has 0 spiro atoms. The van der Waals surface area contributed by atoms with E-state index in [-0.39, 0.29) is 34.5 Å². The molecule has 2 aliphatic rings. The van der Waals surface area contributed by atoms with Gasteiger partial charge < -0.3 is 15.3 Å². The maximum absolute atomic E-state index is 15.8. The summed E-state index contributed by atoms with van der Waals surface area (Å²) in [6, 6.07) is 4.27. The van der Waals surface area contributed by atoms with Crippen LogP contribution in [0.4, 0.5) is 18.9 Å². The summed E-state index contributed by atoms with van der Waals surface area (Å²) in [5.74, 6) is -2.12. The monoisotopic (exact) mass is 458 g/mol. The molecule has 174 valence electrons. The molecule has 0 radical (unpaired) electrons. The average Bonchev–Trinajstić information content (AvgIpc) is 3.45. The Morgan fingerprint density at radius 1 is 1.09 bits per heavy atom. The fraction of sp³-hybridized carbons (Fsp3) is 0.417. The summed E-state index contributed by atoms with van der Waals surface area (Å²) in [4.78, 5) is 14.7. The number of rotatable bonds is 4. The van der Waals surface area contributed by atoms with Crippen LogP contribution >= 0.6 is 0 Å². The molecule has 2 fully saturated rings. The summed E-state index contributed by atoms with van der Waals surface area (Å²) >= 11 is 0. The molecular weight excluding hydrogens is 433 g/mol. The van der Waals surface area contributed by atoms with Crippen molar-refractivity contribution in [3.05, 3.63) is 65.2 Å². The predicted molar refractivity (Wildman–Crippen MR) is 117 cm³/mol. The molecule has 2 aromatic heterocycles. The number of hydrogen-bond acceptors (Lipinski definition) is 4. The molecule has 1 amide bonds. The van der Waals surface area contributed by atoms with Crippen molar-refractivity contribution in [2.45, 2.75) is 56.7 Å². The summed E-state index contributed by atoms with van der Waals surface area (Å²) < 4.78 is 45.4. The summed E-state index contributed by atoms with van der Waals surface area (Å²) in [5.41, 5.74) is 0.584. The highest BCUT2D eigenvalue weighted by Crippen LogP contribution is 2.39. The first-order valence-corrected chi connectivity index (χ1v) is 11.3. The molecule has 1 saturated heterocycles. The molecule has 6 nitrogen and oxygen atoms in total. The van der Waals surface area contributed by atoms with Crippen molar-refractivity contribution in [1.82, 2.24) is 14.9 Å². The zero-order valence-electron chi connectivity index (χ0n) is 18.0. The number of fused-ring (bicyclic) bond motifs is 1. The van der Waals surface area contributed by atoms with E-state index >= 15 is 4.39 Å². The second-order valence-corrected chi connectivity index (χ2v) is 8.86. The Balaban J connectivity index is 1.47. The van der Waals surface area contributed by atoms with Crippen molar-refractivity contribution < 1.29 is 23.1 Å². The number of aromatic nitrogens is 2. The first-order valence-electron chi connectivity index (χ1n) is 11.3. The summed E-state index contributed by atoms with van der Waals surface area (Å²) in [6.45, 7) is 0.480. The van der Waals surface area contributed by atoms with E-state index in [2.05, 4.69) is 10.4 Å². The summed E-state index contributed by atoms with van der Waals surface area (Å²) in [6.07, 6.45) is 6.38. The van der Waals surface area contributed by atoms with Crippen LogP contribution in [0.3, 0.4) is 0 Å². The number of benzene rings is 1. The summed E-state index contributed by atoms with van der Waals surface area (Å²) in [7, 11) is 0. The molecule has 33 heavy (non-hydrogen) atoms. The molecule has 1 aromatic carbocycles. The Bertz CT molecular complexity index is 1190. The number of hydrogen-bond donors (Lipinski definition) is 2. The number of nitrogens with one attached hydrogen (secondary N) is 1. The number of halogens is 3. The van der Waals surface area contributed by atoms with Gasteiger partial charge in [-0.3, -0.25) is 4.79 Å². The fourth-order valence-corrected chi connectivity index (χ4v) is 5.05. The number of aliphatic hydroxyl groups excluding tert-OH is 1. The number of nitrogens with zero attached hydrogens (tertiary/aromatic N) is 3. The largest absolute Gasteiger partial charge is 0.393 e. The first kappa shape index (κ1) is 21.8. The van der Waals surface area contributed by atoms with E-state index in [1.165, 1.54) is 10.7 Å². The Hall–Kier alpha value is -3.07. The van der Waals surface area contributed by atoms with Crippen molar-refractivity contribution in [3.8, 4) is 0 Å². The van der Waals surface area contributed by atoms with Crippen molar-refractivity contribution in [2.24, 2.45) is 0 Å². The number of pyridine rings is 1. The molecule has 3 heterocycles. The van der Waals surface area contributed by atoms with Gasteiger partial charge in [0.2, 0.25) is 0 Å². The number of anilines is 1. The van der Waals surface area contributed by atoms with E-state index in [9.17, 15) is 18.7 Å². The third-order valence-corrected chi connectivity index (χ3v) is 6.76. The van der Waals surface area contributed by atoms with Crippen LogP contribution in [-0.2, 0) is 0 Å². The minimum atomic E-state index is -0.622. The van der Waals surface area contributed by atoms with Gasteiger partial charge in [0.05, 0.1) is 29.6 Å². The number of amides is 1. The van der Waals surface area contributed by atoms with Crippen molar-refractivity contribution in [2.75, 3.05) is 11.4 Å². The number of carbonyl (C=O) groups excluding carboxylic acids is 1. The second kappa shape index (κ2) is 8.70. The smallest absolute Gasteiger partial charge is 0.255 e. The van der Waals surface area contributed by atoms with Crippen LogP contribution < -0.4 is 10.2 Å². The normalized spacial score (nSPS) is 23.3. The molecule has 5 rings (SSSR count). The van der Waals surface area contributed by atoms with Crippen LogP contribution in [0.2, 0.25) is 0 Å². The molecular formula is C24H25F3N4O2. The van der Waals surface area contributed by atoms with Gasteiger partial charge in [-0.1, -0.05) is 0 Å². The highest BCUT2D eigenvalue weighted by Gasteiger charge is 2.32. The lowest BCUT2D eigenvalue weighted by Gasteiger charge is -2.28. The van der Waals surface area contributed by atoms with Gasteiger partial charge in [-0.25, -0.2) is 17.7 Å². The highest BCUT2D eigenvalue weighted by molar-refractivity contribution is 6.01. The van der Waals surface area contributed by atoms with E-state index in [1.54, 1.807) is 17.2 Å². The zero-order valence-corrected chi connectivity index (χ0v) is 18.0. The van der Waals surface area contributed by atoms with Gasteiger partial charge in [0.25, 0.3) is 5.91 Å². The lowest BCUT2D eigenvalue weighted by atomic mass is 9.93. The van der Waals surface area contributed by atoms with E-state index in [4.69, 9.17) is 0 Å². The van der Waals surface area contributed by atoms with Gasteiger partial charge >= 0.3 is 0 Å². The van der Waals surface area contributed by atoms with E-state index < -0.39 is 29.4 Å². The first-order chi connectivity index (χ1) is 15.9. The van der Waals surface area contributed by atoms with Crippen LogP contribution in [0.25, 0.3) is 5.52 Å². The van der Waals surface area contributed by atoms with Crippen molar-refractivity contribution in [1.29, 1.82) is 0 Å². The van der Waals surface area contributed by atoms with Gasteiger partial charge in [0.1, 0.15) is 17.2 Å². The Labute approximate surface area is 189 Å². The van der Waals surface area contributed by atoms with E-state index in [0.717, 1.165) is 18.2 Å². The van der Waals surface area contributed by atoms with Gasteiger partial charge in [-0.2, -0.15) is 5.10 Å². The SMILES string of the molecule is O=C(NC1CCC(O)CC1)c1cnn2ccc(N3CCC[C@@H]3c3cc(F)ccc3F)c(F)c12. The standard InChI is InChI=1S/C24H25F3N4O2/c25-14-3-8-19(26)17(12-14)20-2-1-10-30(20)21-9-11-31-23(22(21)27)18(13-28-31)24(33)29-15-4-6-16(32)7-5-15/h3,8-9,11-13,15-16,20,32H,1-2,4-7,10H2,(H,29,33)/t15?,16?,20-/m1/s1. The molecule has 2 N–H and O–H groups in total. The molecule has 9 heteroatoms. The molecule has 3 aromatic rings.